The van der Waals surface area contributed by atoms with Crippen LogP contribution in [0, 0.1) is 0 Å². The Morgan fingerprint density at radius 2 is 2.10 bits per heavy atom. The van der Waals surface area contributed by atoms with Crippen LogP contribution in [0.4, 0.5) is 5.69 Å². The minimum atomic E-state index is -0.477. The molecule has 1 amide bonds. The van der Waals surface area contributed by atoms with E-state index >= 15 is 0 Å². The van der Waals surface area contributed by atoms with E-state index in [0.29, 0.717) is 23.3 Å². The molecule has 0 aromatic heterocycles. The number of nitrogens with one attached hydrogen (secondary N) is 2. The van der Waals surface area contributed by atoms with Gasteiger partial charge in [0.1, 0.15) is 18.1 Å². The number of amides is 1. The van der Waals surface area contributed by atoms with Crippen molar-refractivity contribution in [2.75, 3.05) is 33.2 Å². The Morgan fingerprint density at radius 1 is 1.40 bits per heavy atom. The second-order valence-corrected chi connectivity index (χ2v) is 3.86. The van der Waals surface area contributed by atoms with E-state index in [1.165, 1.54) is 14.2 Å². The van der Waals surface area contributed by atoms with Crippen molar-refractivity contribution in [2.24, 2.45) is 0 Å². The van der Waals surface area contributed by atoms with Crippen LogP contribution in [0.5, 0.6) is 5.75 Å². The first kappa shape index (κ1) is 18.1. The van der Waals surface area contributed by atoms with Crippen LogP contribution in [0.1, 0.15) is 17.8 Å². The monoisotopic (exact) mass is 282 g/mol. The second-order valence-electron chi connectivity index (χ2n) is 3.86. The van der Waals surface area contributed by atoms with E-state index < -0.39 is 6.04 Å². The Kier molecular flexibility index (Phi) is 8.19. The summed E-state index contributed by atoms with van der Waals surface area (Å²) in [5.74, 6) is 0.233. The van der Waals surface area contributed by atoms with Crippen molar-refractivity contribution < 1.29 is 19.1 Å². The topological polar surface area (TPSA) is 76.7 Å². The van der Waals surface area contributed by atoms with E-state index in [0.717, 1.165) is 0 Å². The van der Waals surface area contributed by atoms with Crippen molar-refractivity contribution in [3.63, 3.8) is 0 Å². The minimum Gasteiger partial charge on any atom is -0.495 e. The fourth-order valence-electron chi connectivity index (χ4n) is 1.57. The number of aldehydes is 1. The van der Waals surface area contributed by atoms with Crippen LogP contribution in [0.25, 0.3) is 0 Å². The summed E-state index contributed by atoms with van der Waals surface area (Å²) in [5.41, 5.74) is 0.914. The highest BCUT2D eigenvalue weighted by molar-refractivity contribution is 5.97. The molecule has 0 aliphatic heterocycles. The maximum Gasteiger partial charge on any atom is 0.243 e. The second kappa shape index (κ2) is 9.06. The van der Waals surface area contributed by atoms with Crippen LogP contribution in [0.2, 0.25) is 0 Å². The van der Waals surface area contributed by atoms with Gasteiger partial charge in [-0.05, 0) is 25.2 Å². The number of benzene rings is 1. The first-order valence-corrected chi connectivity index (χ1v) is 5.76. The largest absolute Gasteiger partial charge is 0.495 e. The lowest BCUT2D eigenvalue weighted by Crippen LogP contribution is -2.41. The van der Waals surface area contributed by atoms with Crippen molar-refractivity contribution in [1.29, 1.82) is 0 Å². The van der Waals surface area contributed by atoms with Gasteiger partial charge in [0, 0.05) is 12.7 Å². The number of methoxy groups -OCH3 is 2. The van der Waals surface area contributed by atoms with Gasteiger partial charge in [0.25, 0.3) is 0 Å². The summed E-state index contributed by atoms with van der Waals surface area (Å²) >= 11 is 0. The molecule has 0 unspecified atom stereocenters. The standard InChI is InChI=1S/C13H18N2O4.CH4/c1-14-11(8-18-2)13(17)15-10-6-9(7-16)4-5-12(10)19-3;/h4-7,11,14H,8H2,1-3H3,(H,15,17);1H4/t11-;/m0./s1. The van der Waals surface area contributed by atoms with Gasteiger partial charge in [-0.15, -0.1) is 0 Å². The number of carbonyl (C=O) groups excluding carboxylic acids is 2. The number of likely N-dealkylation sites (N-methyl/N-ethyl adjacent to an activating group) is 1. The van der Waals surface area contributed by atoms with Crippen LogP contribution in [-0.4, -0.2) is 46.1 Å². The van der Waals surface area contributed by atoms with Gasteiger partial charge in [0.15, 0.2) is 0 Å². The van der Waals surface area contributed by atoms with Crippen molar-refractivity contribution in [2.45, 2.75) is 13.5 Å². The first-order chi connectivity index (χ1) is 9.15. The Hall–Kier alpha value is -1.92. The van der Waals surface area contributed by atoms with E-state index in [-0.39, 0.29) is 19.9 Å². The molecule has 0 fully saturated rings. The molecule has 20 heavy (non-hydrogen) atoms. The zero-order valence-corrected chi connectivity index (χ0v) is 11.2. The highest BCUT2D eigenvalue weighted by Crippen LogP contribution is 2.25. The fourth-order valence-corrected chi connectivity index (χ4v) is 1.57. The SMILES string of the molecule is C.CN[C@@H](COC)C(=O)Nc1cc(C=O)ccc1OC. The van der Waals surface area contributed by atoms with Gasteiger partial charge in [-0.2, -0.15) is 0 Å². The minimum absolute atomic E-state index is 0. The van der Waals surface area contributed by atoms with E-state index in [1.54, 1.807) is 25.2 Å². The predicted molar refractivity (Wildman–Crippen MR) is 78.5 cm³/mol. The average molecular weight is 282 g/mol. The molecule has 1 atom stereocenters. The summed E-state index contributed by atoms with van der Waals surface area (Å²) in [5, 5.41) is 5.55. The van der Waals surface area contributed by atoms with Crippen molar-refractivity contribution in [3.05, 3.63) is 23.8 Å². The molecule has 1 aromatic rings. The van der Waals surface area contributed by atoms with E-state index in [2.05, 4.69) is 10.6 Å². The summed E-state index contributed by atoms with van der Waals surface area (Å²) in [6.07, 6.45) is 0.708. The predicted octanol–water partition coefficient (Wildman–Crippen LogP) is 1.32. The Bertz CT molecular complexity index is 449. The fraction of sp³-hybridized carbons (Fsp3) is 0.429. The van der Waals surface area contributed by atoms with Gasteiger partial charge < -0.3 is 20.1 Å². The quantitative estimate of drug-likeness (QED) is 0.738. The van der Waals surface area contributed by atoms with Crippen molar-refractivity contribution in [3.8, 4) is 5.75 Å². The molecule has 0 heterocycles. The molecule has 0 saturated heterocycles. The Balaban J connectivity index is 0.00000361. The molecule has 2 N–H and O–H groups in total. The molecule has 112 valence electrons. The van der Waals surface area contributed by atoms with Gasteiger partial charge in [-0.3, -0.25) is 9.59 Å². The molecule has 0 saturated carbocycles. The molecule has 6 nitrogen and oxygen atoms in total. The van der Waals surface area contributed by atoms with Gasteiger partial charge in [0.2, 0.25) is 5.91 Å². The molecule has 1 rings (SSSR count). The molecule has 6 heteroatoms. The summed E-state index contributed by atoms with van der Waals surface area (Å²) in [6, 6.07) is 4.33. The third-order valence-corrected chi connectivity index (χ3v) is 2.62. The first-order valence-electron chi connectivity index (χ1n) is 5.76. The molecule has 0 radical (unpaired) electrons. The molecule has 0 aliphatic carbocycles. The van der Waals surface area contributed by atoms with Gasteiger partial charge in [-0.25, -0.2) is 0 Å². The zero-order valence-electron chi connectivity index (χ0n) is 11.2. The Morgan fingerprint density at radius 3 is 2.60 bits per heavy atom. The van der Waals surface area contributed by atoms with Gasteiger partial charge in [0.05, 0.1) is 19.4 Å². The summed E-state index contributed by atoms with van der Waals surface area (Å²) in [4.78, 5) is 22.8. The smallest absolute Gasteiger partial charge is 0.243 e. The lowest BCUT2D eigenvalue weighted by atomic mass is 10.2. The summed E-state index contributed by atoms with van der Waals surface area (Å²) in [7, 11) is 4.68. The van der Waals surface area contributed by atoms with Gasteiger partial charge in [-0.1, -0.05) is 7.43 Å². The number of hydrogen-bond acceptors (Lipinski definition) is 5. The van der Waals surface area contributed by atoms with Crippen LogP contribution < -0.4 is 15.4 Å². The lowest BCUT2D eigenvalue weighted by Gasteiger charge is -2.16. The number of carbonyl (C=O) groups is 2. The summed E-state index contributed by atoms with van der Waals surface area (Å²) < 4.78 is 10.1. The van der Waals surface area contributed by atoms with Crippen molar-refractivity contribution in [1.82, 2.24) is 5.32 Å². The molecule has 1 aromatic carbocycles. The number of ether oxygens (including phenoxy) is 2. The maximum absolute atomic E-state index is 12.0. The van der Waals surface area contributed by atoms with E-state index in [9.17, 15) is 9.59 Å². The number of rotatable bonds is 7. The van der Waals surface area contributed by atoms with E-state index in [1.807, 2.05) is 0 Å². The highest BCUT2D eigenvalue weighted by Gasteiger charge is 2.17. The van der Waals surface area contributed by atoms with E-state index in [4.69, 9.17) is 9.47 Å². The normalized spacial score (nSPS) is 11.2. The van der Waals surface area contributed by atoms with Crippen LogP contribution in [0.3, 0.4) is 0 Å². The number of anilines is 1. The van der Waals surface area contributed by atoms with Gasteiger partial charge >= 0.3 is 0 Å². The number of hydrogen-bond donors (Lipinski definition) is 2. The molecular formula is C14H22N2O4. The Labute approximate surface area is 119 Å². The van der Waals surface area contributed by atoms with Crippen LogP contribution in [-0.2, 0) is 9.53 Å². The van der Waals surface area contributed by atoms with Crippen LogP contribution >= 0.6 is 0 Å². The molecular weight excluding hydrogens is 260 g/mol. The highest BCUT2D eigenvalue weighted by atomic mass is 16.5. The molecule has 0 aliphatic rings. The average Bonchev–Trinajstić information content (AvgIpc) is 2.44. The zero-order chi connectivity index (χ0) is 14.3. The van der Waals surface area contributed by atoms with Crippen LogP contribution in [0.15, 0.2) is 18.2 Å². The molecule has 0 spiro atoms. The maximum atomic E-state index is 12.0. The lowest BCUT2D eigenvalue weighted by molar-refractivity contribution is -0.119. The van der Waals surface area contributed by atoms with Crippen molar-refractivity contribution >= 4 is 17.9 Å². The summed E-state index contributed by atoms with van der Waals surface area (Å²) in [6.45, 7) is 0.248. The third kappa shape index (κ3) is 4.64. The third-order valence-electron chi connectivity index (χ3n) is 2.62. The molecule has 0 bridgehead atoms.